The maximum absolute atomic E-state index is 12.0. The smallest absolute Gasteiger partial charge is 0.348 e. The summed E-state index contributed by atoms with van der Waals surface area (Å²) >= 11 is 7.98. The van der Waals surface area contributed by atoms with E-state index >= 15 is 0 Å². The molecule has 128 valence electrons. The number of carbonyl (C=O) groups is 2. The molecule has 2 N–H and O–H groups in total. The van der Waals surface area contributed by atoms with Gasteiger partial charge < -0.3 is 20.1 Å². The molecule has 9 heteroatoms. The molecular formula is C15H16N2O4S3. The fourth-order valence-electron chi connectivity index (χ4n) is 1.96. The Kier molecular flexibility index (Phi) is 6.29. The van der Waals surface area contributed by atoms with Gasteiger partial charge in [0.15, 0.2) is 5.11 Å². The molecule has 0 saturated carbocycles. The minimum atomic E-state index is -0.539. The number of esters is 2. The number of ether oxygens (including phenoxy) is 2. The molecule has 0 saturated heterocycles. The lowest BCUT2D eigenvalue weighted by atomic mass is 10.1. The van der Waals surface area contributed by atoms with Gasteiger partial charge in [0.25, 0.3) is 0 Å². The summed E-state index contributed by atoms with van der Waals surface area (Å²) in [5, 5.41) is 8.80. The minimum absolute atomic E-state index is 0.281. The highest BCUT2D eigenvalue weighted by Gasteiger charge is 2.26. The van der Waals surface area contributed by atoms with Crippen LogP contribution < -0.4 is 10.6 Å². The summed E-state index contributed by atoms with van der Waals surface area (Å²) in [5.74, 6) is -1.05. The number of thiophene rings is 2. The zero-order valence-corrected chi connectivity index (χ0v) is 15.7. The van der Waals surface area contributed by atoms with Crippen molar-refractivity contribution in [3.05, 3.63) is 38.4 Å². The van der Waals surface area contributed by atoms with E-state index in [-0.39, 0.29) is 5.56 Å². The second-order valence-corrected chi connectivity index (χ2v) is 7.09. The number of nitrogens with one attached hydrogen (secondary N) is 2. The third-order valence-corrected chi connectivity index (χ3v) is 5.45. The van der Waals surface area contributed by atoms with Gasteiger partial charge in [0.05, 0.1) is 26.3 Å². The van der Waals surface area contributed by atoms with Crippen LogP contribution in [0.2, 0.25) is 0 Å². The fraction of sp³-hybridized carbons (Fsp3) is 0.267. The van der Waals surface area contributed by atoms with Crippen molar-refractivity contribution >= 4 is 56.9 Å². The fourth-order valence-corrected chi connectivity index (χ4v) is 3.97. The van der Waals surface area contributed by atoms with Crippen LogP contribution in [0, 0.1) is 6.92 Å². The van der Waals surface area contributed by atoms with Crippen molar-refractivity contribution < 1.29 is 19.1 Å². The molecule has 0 spiro atoms. The Hall–Kier alpha value is -1.97. The van der Waals surface area contributed by atoms with Gasteiger partial charge >= 0.3 is 11.9 Å². The summed E-state index contributed by atoms with van der Waals surface area (Å²) in [4.78, 5) is 25.3. The Morgan fingerprint density at radius 2 is 1.96 bits per heavy atom. The van der Waals surface area contributed by atoms with E-state index in [1.165, 1.54) is 14.2 Å². The molecule has 2 aromatic heterocycles. The first-order valence-corrected chi connectivity index (χ1v) is 8.95. The number of anilines is 1. The first kappa shape index (κ1) is 18.4. The third kappa shape index (κ3) is 4.11. The van der Waals surface area contributed by atoms with E-state index < -0.39 is 11.9 Å². The summed E-state index contributed by atoms with van der Waals surface area (Å²) in [6.45, 7) is 2.24. The second-order valence-electron chi connectivity index (χ2n) is 4.63. The van der Waals surface area contributed by atoms with Crippen molar-refractivity contribution in [1.82, 2.24) is 5.32 Å². The standard InChI is InChI=1S/C15H16N2O4S3/c1-8-10(13(18)20-2)12(24-11(8)14(19)21-3)17-15(22)16-7-9-5-4-6-23-9/h4-6H,7H2,1-3H3,(H2,16,17,22). The van der Waals surface area contributed by atoms with Crippen molar-refractivity contribution in [2.75, 3.05) is 19.5 Å². The molecule has 0 aliphatic rings. The van der Waals surface area contributed by atoms with Gasteiger partial charge in [0.1, 0.15) is 9.88 Å². The number of hydrogen-bond donors (Lipinski definition) is 2. The summed E-state index contributed by atoms with van der Waals surface area (Å²) in [7, 11) is 2.58. The molecule has 2 heterocycles. The second kappa shape index (κ2) is 8.22. The molecule has 0 atom stereocenters. The zero-order chi connectivity index (χ0) is 17.7. The van der Waals surface area contributed by atoms with Crippen LogP contribution in [0.1, 0.15) is 30.5 Å². The van der Waals surface area contributed by atoms with E-state index in [9.17, 15) is 9.59 Å². The molecule has 0 aromatic carbocycles. The number of thiocarbonyl (C=S) groups is 1. The van der Waals surface area contributed by atoms with Gasteiger partial charge in [-0.2, -0.15) is 0 Å². The number of rotatable bonds is 5. The van der Waals surface area contributed by atoms with Crippen molar-refractivity contribution in [1.29, 1.82) is 0 Å². The zero-order valence-electron chi connectivity index (χ0n) is 13.3. The predicted octanol–water partition coefficient (Wildman–Crippen LogP) is 3.18. The Morgan fingerprint density at radius 3 is 2.54 bits per heavy atom. The molecular weight excluding hydrogens is 368 g/mol. The predicted molar refractivity (Wildman–Crippen MR) is 99.1 cm³/mol. The van der Waals surface area contributed by atoms with Gasteiger partial charge in [-0.05, 0) is 36.2 Å². The van der Waals surface area contributed by atoms with Crippen molar-refractivity contribution in [3.63, 3.8) is 0 Å². The van der Waals surface area contributed by atoms with Gasteiger partial charge in [-0.15, -0.1) is 22.7 Å². The van der Waals surface area contributed by atoms with Crippen LogP contribution >= 0.6 is 34.9 Å². The van der Waals surface area contributed by atoms with E-state index in [4.69, 9.17) is 21.7 Å². The lowest BCUT2D eigenvalue weighted by Gasteiger charge is -2.09. The monoisotopic (exact) mass is 384 g/mol. The van der Waals surface area contributed by atoms with E-state index in [2.05, 4.69) is 10.6 Å². The third-order valence-electron chi connectivity index (χ3n) is 3.14. The van der Waals surface area contributed by atoms with E-state index in [1.807, 2.05) is 17.5 Å². The van der Waals surface area contributed by atoms with Crippen molar-refractivity contribution in [3.8, 4) is 0 Å². The maximum atomic E-state index is 12.0. The van der Waals surface area contributed by atoms with Crippen LogP contribution in [0.3, 0.4) is 0 Å². The van der Waals surface area contributed by atoms with Gasteiger partial charge in [-0.25, -0.2) is 9.59 Å². The molecule has 0 aliphatic carbocycles. The van der Waals surface area contributed by atoms with E-state index in [1.54, 1.807) is 18.3 Å². The van der Waals surface area contributed by atoms with Gasteiger partial charge in [-0.3, -0.25) is 0 Å². The maximum Gasteiger partial charge on any atom is 0.348 e. The highest BCUT2D eigenvalue weighted by Crippen LogP contribution is 2.34. The molecule has 0 amide bonds. The Labute approximate surface area is 152 Å². The largest absolute Gasteiger partial charge is 0.465 e. The highest BCUT2D eigenvalue weighted by molar-refractivity contribution is 7.80. The van der Waals surface area contributed by atoms with Crippen LogP contribution in [0.5, 0.6) is 0 Å². The molecule has 0 radical (unpaired) electrons. The number of hydrogen-bond acceptors (Lipinski definition) is 7. The first-order valence-electron chi connectivity index (χ1n) is 6.85. The molecule has 0 aliphatic heterocycles. The summed E-state index contributed by atoms with van der Waals surface area (Å²) in [6, 6.07) is 3.95. The molecule has 2 aromatic rings. The molecule has 24 heavy (non-hydrogen) atoms. The first-order chi connectivity index (χ1) is 11.5. The Balaban J connectivity index is 2.19. The van der Waals surface area contributed by atoms with Crippen LogP contribution in [0.15, 0.2) is 17.5 Å². The van der Waals surface area contributed by atoms with E-state index in [0.717, 1.165) is 16.2 Å². The molecule has 0 unspecified atom stereocenters. The average Bonchev–Trinajstić information content (AvgIpc) is 3.20. The Bertz CT molecular complexity index is 753. The summed E-state index contributed by atoms with van der Waals surface area (Å²) in [5.41, 5.74) is 0.783. The minimum Gasteiger partial charge on any atom is -0.465 e. The molecule has 0 bridgehead atoms. The van der Waals surface area contributed by atoms with Crippen LogP contribution in [-0.4, -0.2) is 31.3 Å². The van der Waals surface area contributed by atoms with Crippen molar-refractivity contribution in [2.24, 2.45) is 0 Å². The quantitative estimate of drug-likeness (QED) is 0.606. The summed E-state index contributed by atoms with van der Waals surface area (Å²) < 4.78 is 9.54. The molecule has 6 nitrogen and oxygen atoms in total. The van der Waals surface area contributed by atoms with Gasteiger partial charge in [0, 0.05) is 4.88 Å². The van der Waals surface area contributed by atoms with Gasteiger partial charge in [0.2, 0.25) is 0 Å². The molecule has 2 rings (SSSR count). The lowest BCUT2D eigenvalue weighted by Crippen LogP contribution is -2.27. The van der Waals surface area contributed by atoms with Gasteiger partial charge in [-0.1, -0.05) is 6.07 Å². The number of carbonyl (C=O) groups excluding carboxylic acids is 2. The average molecular weight is 385 g/mol. The normalized spacial score (nSPS) is 10.1. The molecule has 0 fully saturated rings. The van der Waals surface area contributed by atoms with Crippen LogP contribution in [-0.2, 0) is 16.0 Å². The van der Waals surface area contributed by atoms with Crippen LogP contribution in [0.4, 0.5) is 5.00 Å². The number of methoxy groups -OCH3 is 2. The van der Waals surface area contributed by atoms with Crippen LogP contribution in [0.25, 0.3) is 0 Å². The topological polar surface area (TPSA) is 76.7 Å². The SMILES string of the molecule is COC(=O)c1sc(NC(=S)NCc2cccs2)c(C(=O)OC)c1C. The Morgan fingerprint density at radius 1 is 1.25 bits per heavy atom. The van der Waals surface area contributed by atoms with E-state index in [0.29, 0.717) is 27.1 Å². The summed E-state index contributed by atoms with van der Waals surface area (Å²) in [6.07, 6.45) is 0. The highest BCUT2D eigenvalue weighted by atomic mass is 32.1. The lowest BCUT2D eigenvalue weighted by molar-refractivity contribution is 0.0601. The van der Waals surface area contributed by atoms with Crippen molar-refractivity contribution in [2.45, 2.75) is 13.5 Å².